The second-order valence-electron chi connectivity index (χ2n) is 3.67. The Morgan fingerprint density at radius 3 is 1.75 bits per heavy atom. The largest absolute Gasteiger partial charge is 0.471 e. The maximum Gasteiger partial charge on any atom is 0.471 e. The van der Waals surface area contributed by atoms with Crippen LogP contribution in [0.5, 0.6) is 0 Å². The first kappa shape index (κ1) is 17.6. The van der Waals surface area contributed by atoms with Gasteiger partial charge < -0.3 is 25.3 Å². The van der Waals surface area contributed by atoms with Crippen molar-refractivity contribution < 1.29 is 37.8 Å². The number of benzene rings is 1. The van der Waals surface area contributed by atoms with Crippen LogP contribution in [0.2, 0.25) is 0 Å². The van der Waals surface area contributed by atoms with Gasteiger partial charge in [-0.3, -0.25) is 9.05 Å². The molecule has 20 heavy (non-hydrogen) atoms. The van der Waals surface area contributed by atoms with Crippen LogP contribution in [0.15, 0.2) is 24.3 Å². The first-order valence-electron chi connectivity index (χ1n) is 4.99. The van der Waals surface area contributed by atoms with E-state index < -0.39 is 27.2 Å². The van der Waals surface area contributed by atoms with E-state index in [-0.39, 0.29) is 0 Å². The van der Waals surface area contributed by atoms with Gasteiger partial charge >= 0.3 is 15.6 Å². The standard InChI is InChI=1S/C8H13NO8P2S/c9-6-3-1-5(2-4-6)7(20)8(16-18(10,11)12)17-19(13,14)15/h1-4,7-8,20H,9H2,(H2,10,11,12)(H2,13,14,15). The monoisotopic (exact) mass is 345 g/mol. The van der Waals surface area contributed by atoms with Gasteiger partial charge in [-0.25, -0.2) is 9.13 Å². The number of rotatable bonds is 6. The van der Waals surface area contributed by atoms with E-state index in [9.17, 15) is 9.13 Å². The lowest BCUT2D eigenvalue weighted by Crippen LogP contribution is -2.20. The summed E-state index contributed by atoms with van der Waals surface area (Å²) in [5.41, 5.74) is 6.24. The van der Waals surface area contributed by atoms with Crippen LogP contribution in [0.4, 0.5) is 5.69 Å². The number of anilines is 1. The highest BCUT2D eigenvalue weighted by atomic mass is 32.1. The molecule has 0 fully saturated rings. The van der Waals surface area contributed by atoms with Crippen LogP contribution in [0, 0.1) is 0 Å². The van der Waals surface area contributed by atoms with Gasteiger partial charge in [-0.15, -0.1) is 0 Å². The number of hydrogen-bond acceptors (Lipinski definition) is 6. The van der Waals surface area contributed by atoms with Gasteiger partial charge in [0.05, 0.1) is 5.25 Å². The van der Waals surface area contributed by atoms with Crippen LogP contribution in [0.25, 0.3) is 0 Å². The Bertz CT molecular complexity index is 516. The summed E-state index contributed by atoms with van der Waals surface area (Å²) in [6.07, 6.45) is -1.95. The van der Waals surface area contributed by atoms with Crippen molar-refractivity contribution in [1.82, 2.24) is 0 Å². The summed E-state index contributed by atoms with van der Waals surface area (Å²) >= 11 is 4.00. The second-order valence-corrected chi connectivity index (χ2v) is 6.61. The molecule has 0 saturated carbocycles. The van der Waals surface area contributed by atoms with Crippen LogP contribution in [-0.2, 0) is 18.2 Å². The average molecular weight is 345 g/mol. The van der Waals surface area contributed by atoms with Crippen LogP contribution < -0.4 is 5.73 Å². The normalized spacial score (nSPS) is 14.5. The van der Waals surface area contributed by atoms with Gasteiger partial charge in [0.25, 0.3) is 0 Å². The van der Waals surface area contributed by atoms with E-state index in [1.807, 2.05) is 0 Å². The van der Waals surface area contributed by atoms with Crippen molar-refractivity contribution in [3.8, 4) is 0 Å². The highest BCUT2D eigenvalue weighted by Gasteiger charge is 2.34. The smallest absolute Gasteiger partial charge is 0.399 e. The Morgan fingerprint density at radius 2 is 1.40 bits per heavy atom. The number of thiol groups is 1. The number of nitrogens with two attached hydrogens (primary N) is 1. The quantitative estimate of drug-likeness (QED) is 0.189. The summed E-state index contributed by atoms with van der Waals surface area (Å²) in [6.45, 7) is 0. The Hall–Kier alpha value is -0.410. The lowest BCUT2D eigenvalue weighted by atomic mass is 10.1. The van der Waals surface area contributed by atoms with Gasteiger partial charge in [0.2, 0.25) is 0 Å². The summed E-state index contributed by atoms with van der Waals surface area (Å²) < 4.78 is 30.0. The third-order valence-electron chi connectivity index (χ3n) is 2.02. The molecule has 1 unspecified atom stereocenters. The van der Waals surface area contributed by atoms with Crippen molar-refractivity contribution >= 4 is 34.0 Å². The first-order chi connectivity index (χ1) is 8.98. The van der Waals surface area contributed by atoms with Crippen molar-refractivity contribution in [2.75, 3.05) is 5.73 Å². The molecule has 0 radical (unpaired) electrons. The van der Waals surface area contributed by atoms with E-state index in [4.69, 9.17) is 25.3 Å². The molecule has 0 amide bonds. The molecule has 114 valence electrons. The molecule has 0 aliphatic carbocycles. The fraction of sp³-hybridized carbons (Fsp3) is 0.250. The molecule has 0 aliphatic heterocycles. The maximum absolute atomic E-state index is 10.8. The van der Waals surface area contributed by atoms with Gasteiger partial charge in [0, 0.05) is 5.69 Å². The molecule has 6 N–H and O–H groups in total. The van der Waals surface area contributed by atoms with E-state index >= 15 is 0 Å². The fourth-order valence-corrected chi connectivity index (χ4v) is 2.68. The molecule has 12 heteroatoms. The molecule has 0 bridgehead atoms. The maximum atomic E-state index is 10.8. The zero-order chi connectivity index (χ0) is 15.6. The molecule has 0 saturated heterocycles. The molecular formula is C8H13NO8P2S. The molecule has 0 aromatic heterocycles. The van der Waals surface area contributed by atoms with E-state index in [1.54, 1.807) is 0 Å². The van der Waals surface area contributed by atoms with Gasteiger partial charge in [-0.05, 0) is 17.7 Å². The summed E-state index contributed by atoms with van der Waals surface area (Å²) in [5, 5.41) is -1.16. The molecule has 9 nitrogen and oxygen atoms in total. The van der Waals surface area contributed by atoms with Crippen molar-refractivity contribution in [3.63, 3.8) is 0 Å². The molecule has 0 heterocycles. The number of phosphoric acid groups is 2. The van der Waals surface area contributed by atoms with Gasteiger partial charge in [-0.2, -0.15) is 12.6 Å². The number of phosphoric ester groups is 2. The zero-order valence-electron chi connectivity index (χ0n) is 9.80. The van der Waals surface area contributed by atoms with Gasteiger partial charge in [0.15, 0.2) is 6.29 Å². The predicted molar refractivity (Wildman–Crippen MR) is 72.6 cm³/mol. The van der Waals surface area contributed by atoms with Crippen molar-refractivity contribution in [2.45, 2.75) is 11.5 Å². The van der Waals surface area contributed by atoms with Gasteiger partial charge in [0.1, 0.15) is 0 Å². The molecule has 0 aliphatic rings. The van der Waals surface area contributed by atoms with Crippen LogP contribution in [-0.4, -0.2) is 25.9 Å². The summed E-state index contributed by atoms with van der Waals surface area (Å²) in [4.78, 5) is 34.9. The molecule has 1 aromatic carbocycles. The van der Waals surface area contributed by atoms with Crippen molar-refractivity contribution in [2.24, 2.45) is 0 Å². The topological polar surface area (TPSA) is 160 Å². The Balaban J connectivity index is 2.99. The summed E-state index contributed by atoms with van der Waals surface area (Å²) in [6, 6.07) is 5.85. The lowest BCUT2D eigenvalue weighted by Gasteiger charge is -2.24. The minimum Gasteiger partial charge on any atom is -0.399 e. The third-order valence-corrected chi connectivity index (χ3v) is 3.52. The highest BCUT2D eigenvalue weighted by molar-refractivity contribution is 7.80. The summed E-state index contributed by atoms with van der Waals surface area (Å²) in [5.74, 6) is 0. The van der Waals surface area contributed by atoms with Crippen molar-refractivity contribution in [1.29, 1.82) is 0 Å². The average Bonchev–Trinajstić information content (AvgIpc) is 2.24. The lowest BCUT2D eigenvalue weighted by molar-refractivity contribution is -0.0336. The fourth-order valence-electron chi connectivity index (χ4n) is 1.26. The molecule has 0 spiro atoms. The zero-order valence-corrected chi connectivity index (χ0v) is 12.5. The molecule has 1 rings (SSSR count). The SMILES string of the molecule is Nc1ccc(C(S)C(OP(=O)(O)O)OP(=O)(O)O)cc1. The molecule has 1 aromatic rings. The Kier molecular flexibility index (Phi) is 5.79. The van der Waals surface area contributed by atoms with Crippen molar-refractivity contribution in [3.05, 3.63) is 29.8 Å². The Labute approximate surface area is 119 Å². The van der Waals surface area contributed by atoms with E-state index in [0.29, 0.717) is 11.3 Å². The Morgan fingerprint density at radius 1 is 1.00 bits per heavy atom. The third kappa shape index (κ3) is 6.36. The first-order valence-corrected chi connectivity index (χ1v) is 8.57. The minimum atomic E-state index is -5.03. The second kappa shape index (κ2) is 6.57. The summed E-state index contributed by atoms with van der Waals surface area (Å²) in [7, 11) is -10.1. The van der Waals surface area contributed by atoms with Gasteiger partial charge in [-0.1, -0.05) is 12.1 Å². The minimum absolute atomic E-state index is 0.342. The van der Waals surface area contributed by atoms with E-state index in [0.717, 1.165) is 0 Å². The van der Waals surface area contributed by atoms with Crippen LogP contribution in [0.1, 0.15) is 10.8 Å². The molecular weight excluding hydrogens is 332 g/mol. The van der Waals surface area contributed by atoms with E-state index in [2.05, 4.69) is 21.7 Å². The van der Waals surface area contributed by atoms with Crippen LogP contribution in [0.3, 0.4) is 0 Å². The van der Waals surface area contributed by atoms with E-state index in [1.165, 1.54) is 24.3 Å². The molecule has 1 atom stereocenters. The highest BCUT2D eigenvalue weighted by Crippen LogP contribution is 2.48. The van der Waals surface area contributed by atoms with Crippen LogP contribution >= 0.6 is 28.3 Å². The predicted octanol–water partition coefficient (Wildman–Crippen LogP) is 0.784. The number of nitrogen functional groups attached to an aromatic ring is 1. The number of hydrogen-bond donors (Lipinski definition) is 6.